The van der Waals surface area contributed by atoms with Crippen LogP contribution < -0.4 is 5.32 Å². The van der Waals surface area contributed by atoms with Gasteiger partial charge in [-0.3, -0.25) is 0 Å². The molecular formula is C11H21NO. The number of hydrogen-bond acceptors (Lipinski definition) is 2. The van der Waals surface area contributed by atoms with Gasteiger partial charge in [-0.2, -0.15) is 0 Å². The standard InChI is InChI=1S/C11H21NO/c1-13-11-4-2-3-10(11)9-5-7-12-8-6-9/h9-12H,2-8H2,1H3. The third-order valence-corrected chi connectivity index (χ3v) is 3.80. The Balaban J connectivity index is 1.90. The molecule has 0 aromatic heterocycles. The van der Waals surface area contributed by atoms with Crippen molar-refractivity contribution >= 4 is 0 Å². The molecule has 1 saturated heterocycles. The van der Waals surface area contributed by atoms with E-state index in [1.165, 1.54) is 45.2 Å². The fourth-order valence-corrected chi connectivity index (χ4v) is 3.06. The lowest BCUT2D eigenvalue weighted by Crippen LogP contribution is -2.34. The Bertz CT molecular complexity index is 154. The first kappa shape index (κ1) is 9.47. The average Bonchev–Trinajstić information content (AvgIpc) is 2.67. The number of ether oxygens (including phenoxy) is 1. The van der Waals surface area contributed by atoms with Gasteiger partial charge in [-0.25, -0.2) is 0 Å². The second kappa shape index (κ2) is 4.43. The van der Waals surface area contributed by atoms with Crippen LogP contribution in [0.1, 0.15) is 32.1 Å². The fraction of sp³-hybridized carbons (Fsp3) is 1.00. The van der Waals surface area contributed by atoms with E-state index < -0.39 is 0 Å². The van der Waals surface area contributed by atoms with Crippen molar-refractivity contribution in [1.82, 2.24) is 5.32 Å². The highest BCUT2D eigenvalue weighted by Gasteiger charge is 2.33. The van der Waals surface area contributed by atoms with Gasteiger partial charge in [0, 0.05) is 7.11 Å². The van der Waals surface area contributed by atoms with Gasteiger partial charge in [0.1, 0.15) is 0 Å². The molecule has 2 rings (SSSR count). The van der Waals surface area contributed by atoms with Gasteiger partial charge in [-0.05, 0) is 50.6 Å². The van der Waals surface area contributed by atoms with Crippen LogP contribution in [-0.2, 0) is 4.74 Å². The summed E-state index contributed by atoms with van der Waals surface area (Å²) in [5, 5.41) is 3.43. The summed E-state index contributed by atoms with van der Waals surface area (Å²) < 4.78 is 5.56. The molecule has 2 unspecified atom stereocenters. The number of nitrogens with one attached hydrogen (secondary N) is 1. The normalized spacial score (nSPS) is 36.7. The molecule has 76 valence electrons. The monoisotopic (exact) mass is 183 g/mol. The van der Waals surface area contributed by atoms with E-state index in [1.807, 2.05) is 7.11 Å². The molecule has 2 nitrogen and oxygen atoms in total. The SMILES string of the molecule is COC1CCCC1C1CCNCC1. The third kappa shape index (κ3) is 2.05. The van der Waals surface area contributed by atoms with E-state index in [1.54, 1.807) is 0 Å². The molecule has 1 saturated carbocycles. The molecule has 0 aromatic rings. The van der Waals surface area contributed by atoms with Crippen LogP contribution in [0.5, 0.6) is 0 Å². The highest BCUT2D eigenvalue weighted by atomic mass is 16.5. The largest absolute Gasteiger partial charge is 0.381 e. The molecular weight excluding hydrogens is 162 g/mol. The van der Waals surface area contributed by atoms with E-state index in [4.69, 9.17) is 4.74 Å². The van der Waals surface area contributed by atoms with Gasteiger partial charge in [0.2, 0.25) is 0 Å². The lowest BCUT2D eigenvalue weighted by Gasteiger charge is -2.31. The van der Waals surface area contributed by atoms with Gasteiger partial charge in [0.05, 0.1) is 6.10 Å². The van der Waals surface area contributed by atoms with Gasteiger partial charge in [0.25, 0.3) is 0 Å². The molecule has 2 heteroatoms. The lowest BCUT2D eigenvalue weighted by molar-refractivity contribution is 0.0403. The summed E-state index contributed by atoms with van der Waals surface area (Å²) in [6.45, 7) is 2.44. The van der Waals surface area contributed by atoms with Crippen LogP contribution in [0.15, 0.2) is 0 Å². The summed E-state index contributed by atoms with van der Waals surface area (Å²) in [6.07, 6.45) is 7.39. The second-order valence-electron chi connectivity index (χ2n) is 4.46. The van der Waals surface area contributed by atoms with Gasteiger partial charge < -0.3 is 10.1 Å². The van der Waals surface area contributed by atoms with E-state index in [9.17, 15) is 0 Å². The Morgan fingerprint density at radius 2 is 1.85 bits per heavy atom. The Morgan fingerprint density at radius 3 is 2.54 bits per heavy atom. The zero-order chi connectivity index (χ0) is 9.10. The summed E-state index contributed by atoms with van der Waals surface area (Å²) >= 11 is 0. The maximum Gasteiger partial charge on any atom is 0.0602 e. The Morgan fingerprint density at radius 1 is 1.08 bits per heavy atom. The predicted molar refractivity (Wildman–Crippen MR) is 53.7 cm³/mol. The second-order valence-corrected chi connectivity index (χ2v) is 4.46. The van der Waals surface area contributed by atoms with E-state index in [-0.39, 0.29) is 0 Å². The minimum Gasteiger partial charge on any atom is -0.381 e. The maximum atomic E-state index is 5.56. The van der Waals surface area contributed by atoms with E-state index in [2.05, 4.69) is 5.32 Å². The van der Waals surface area contributed by atoms with Gasteiger partial charge in [0.15, 0.2) is 0 Å². The molecule has 0 spiro atoms. The summed E-state index contributed by atoms with van der Waals surface area (Å²) in [6, 6.07) is 0. The Labute approximate surface area is 81.0 Å². The fourth-order valence-electron chi connectivity index (χ4n) is 3.06. The van der Waals surface area contributed by atoms with Crippen LogP contribution in [-0.4, -0.2) is 26.3 Å². The molecule has 1 aliphatic heterocycles. The summed E-state index contributed by atoms with van der Waals surface area (Å²) in [4.78, 5) is 0. The molecule has 0 bridgehead atoms. The molecule has 0 aromatic carbocycles. The molecule has 0 amide bonds. The van der Waals surface area contributed by atoms with Crippen molar-refractivity contribution in [2.45, 2.75) is 38.2 Å². The molecule has 2 fully saturated rings. The maximum absolute atomic E-state index is 5.56. The van der Waals surface area contributed by atoms with Crippen LogP contribution >= 0.6 is 0 Å². The highest BCUT2D eigenvalue weighted by Crippen LogP contribution is 2.37. The topological polar surface area (TPSA) is 21.3 Å². The first-order chi connectivity index (χ1) is 6.42. The predicted octanol–water partition coefficient (Wildman–Crippen LogP) is 1.80. The number of hydrogen-bond donors (Lipinski definition) is 1. The van der Waals surface area contributed by atoms with Gasteiger partial charge in [-0.1, -0.05) is 6.42 Å². The van der Waals surface area contributed by atoms with Crippen molar-refractivity contribution in [2.24, 2.45) is 11.8 Å². The number of piperidine rings is 1. The van der Waals surface area contributed by atoms with E-state index in [0.717, 1.165) is 11.8 Å². The zero-order valence-corrected chi connectivity index (χ0v) is 8.59. The van der Waals surface area contributed by atoms with Crippen molar-refractivity contribution in [3.63, 3.8) is 0 Å². The molecule has 2 aliphatic rings. The van der Waals surface area contributed by atoms with E-state index in [0.29, 0.717) is 6.10 Å². The van der Waals surface area contributed by atoms with Crippen molar-refractivity contribution in [3.8, 4) is 0 Å². The number of methoxy groups -OCH3 is 1. The first-order valence-electron chi connectivity index (χ1n) is 5.65. The molecule has 1 heterocycles. The summed E-state index contributed by atoms with van der Waals surface area (Å²) in [5.41, 5.74) is 0. The highest BCUT2D eigenvalue weighted by molar-refractivity contribution is 4.85. The molecule has 13 heavy (non-hydrogen) atoms. The molecule has 1 aliphatic carbocycles. The Kier molecular flexibility index (Phi) is 3.23. The minimum absolute atomic E-state index is 0.572. The smallest absolute Gasteiger partial charge is 0.0602 e. The van der Waals surface area contributed by atoms with Crippen molar-refractivity contribution < 1.29 is 4.74 Å². The quantitative estimate of drug-likeness (QED) is 0.705. The van der Waals surface area contributed by atoms with Crippen LogP contribution in [0.4, 0.5) is 0 Å². The molecule has 0 radical (unpaired) electrons. The average molecular weight is 183 g/mol. The van der Waals surface area contributed by atoms with Crippen LogP contribution in [0, 0.1) is 11.8 Å². The summed E-state index contributed by atoms with van der Waals surface area (Å²) in [7, 11) is 1.88. The third-order valence-electron chi connectivity index (χ3n) is 3.80. The zero-order valence-electron chi connectivity index (χ0n) is 8.59. The van der Waals surface area contributed by atoms with Crippen molar-refractivity contribution in [2.75, 3.05) is 20.2 Å². The molecule has 2 atom stereocenters. The van der Waals surface area contributed by atoms with Gasteiger partial charge in [-0.15, -0.1) is 0 Å². The van der Waals surface area contributed by atoms with Crippen LogP contribution in [0.2, 0.25) is 0 Å². The summed E-state index contributed by atoms with van der Waals surface area (Å²) in [5.74, 6) is 1.81. The van der Waals surface area contributed by atoms with Crippen LogP contribution in [0.3, 0.4) is 0 Å². The minimum atomic E-state index is 0.572. The van der Waals surface area contributed by atoms with E-state index >= 15 is 0 Å². The Hall–Kier alpha value is -0.0800. The first-order valence-corrected chi connectivity index (χ1v) is 5.65. The number of rotatable bonds is 2. The lowest BCUT2D eigenvalue weighted by atomic mass is 9.82. The van der Waals surface area contributed by atoms with Crippen LogP contribution in [0.25, 0.3) is 0 Å². The van der Waals surface area contributed by atoms with Gasteiger partial charge >= 0.3 is 0 Å². The molecule has 1 N–H and O–H groups in total. The van der Waals surface area contributed by atoms with Crippen molar-refractivity contribution in [1.29, 1.82) is 0 Å². The van der Waals surface area contributed by atoms with Crippen molar-refractivity contribution in [3.05, 3.63) is 0 Å².